The molecular weight excluding hydrogens is 274 g/mol. The van der Waals surface area contributed by atoms with E-state index in [2.05, 4.69) is 22.2 Å². The van der Waals surface area contributed by atoms with Crippen LogP contribution in [0, 0.1) is 0 Å². The standard InChI is InChI=1S/C14H19N3O2S/c1-3-8-15-12(13(18)19-2)9-20-14-16-10-6-4-5-7-11(10)17-14/h4-7,12,15H,3,8-9H2,1-2H3,(H,16,17). The first-order valence-electron chi connectivity index (χ1n) is 6.63. The van der Waals surface area contributed by atoms with E-state index in [0.717, 1.165) is 29.2 Å². The molecule has 1 atom stereocenters. The number of H-pyrrole nitrogens is 1. The molecule has 20 heavy (non-hydrogen) atoms. The van der Waals surface area contributed by atoms with E-state index in [1.807, 2.05) is 24.3 Å². The SMILES string of the molecule is CCCNC(CSc1nc2ccccc2[nH]1)C(=O)OC. The van der Waals surface area contributed by atoms with Gasteiger partial charge in [0, 0.05) is 5.75 Å². The zero-order valence-electron chi connectivity index (χ0n) is 11.7. The average molecular weight is 293 g/mol. The predicted molar refractivity (Wildman–Crippen MR) is 80.9 cm³/mol. The summed E-state index contributed by atoms with van der Waals surface area (Å²) in [5.74, 6) is 0.356. The van der Waals surface area contributed by atoms with Crippen molar-refractivity contribution >= 4 is 28.8 Å². The van der Waals surface area contributed by atoms with Crippen LogP contribution in [0.4, 0.5) is 0 Å². The highest BCUT2D eigenvalue weighted by Gasteiger charge is 2.19. The Bertz CT molecular complexity index is 537. The molecule has 0 fully saturated rings. The van der Waals surface area contributed by atoms with Crippen LogP contribution in [-0.4, -0.2) is 41.4 Å². The first-order valence-corrected chi connectivity index (χ1v) is 7.62. The number of fused-ring (bicyclic) bond motifs is 1. The van der Waals surface area contributed by atoms with Crippen molar-refractivity contribution < 1.29 is 9.53 Å². The summed E-state index contributed by atoms with van der Waals surface area (Å²) in [7, 11) is 1.41. The van der Waals surface area contributed by atoms with E-state index >= 15 is 0 Å². The summed E-state index contributed by atoms with van der Waals surface area (Å²) >= 11 is 1.52. The number of imidazole rings is 1. The molecule has 0 spiro atoms. The summed E-state index contributed by atoms with van der Waals surface area (Å²) in [5, 5.41) is 4.01. The van der Waals surface area contributed by atoms with Crippen LogP contribution >= 0.6 is 11.8 Å². The fourth-order valence-corrected chi connectivity index (χ4v) is 2.75. The molecule has 2 rings (SSSR count). The topological polar surface area (TPSA) is 67.0 Å². The zero-order chi connectivity index (χ0) is 14.4. The van der Waals surface area contributed by atoms with Crippen molar-refractivity contribution in [1.29, 1.82) is 0 Å². The average Bonchev–Trinajstić information content (AvgIpc) is 2.89. The fraction of sp³-hybridized carbons (Fsp3) is 0.429. The van der Waals surface area contributed by atoms with E-state index in [0.29, 0.717) is 5.75 Å². The number of nitrogens with zero attached hydrogens (tertiary/aromatic N) is 1. The molecule has 1 aromatic carbocycles. The van der Waals surface area contributed by atoms with Crippen LogP contribution in [0.5, 0.6) is 0 Å². The lowest BCUT2D eigenvalue weighted by atomic mass is 10.3. The molecule has 6 heteroatoms. The van der Waals surface area contributed by atoms with Gasteiger partial charge in [0.05, 0.1) is 18.1 Å². The lowest BCUT2D eigenvalue weighted by Crippen LogP contribution is -2.40. The maximum atomic E-state index is 11.7. The summed E-state index contributed by atoms with van der Waals surface area (Å²) in [4.78, 5) is 19.4. The highest BCUT2D eigenvalue weighted by Crippen LogP contribution is 2.20. The van der Waals surface area contributed by atoms with Gasteiger partial charge in [-0.25, -0.2) is 4.98 Å². The van der Waals surface area contributed by atoms with Crippen molar-refractivity contribution in [3.63, 3.8) is 0 Å². The van der Waals surface area contributed by atoms with E-state index in [1.54, 1.807) is 0 Å². The van der Waals surface area contributed by atoms with Crippen LogP contribution < -0.4 is 5.32 Å². The molecule has 1 heterocycles. The van der Waals surface area contributed by atoms with Gasteiger partial charge in [-0.15, -0.1) is 0 Å². The Hall–Kier alpha value is -1.53. The number of ether oxygens (including phenoxy) is 1. The number of nitrogens with one attached hydrogen (secondary N) is 2. The van der Waals surface area contributed by atoms with E-state index in [9.17, 15) is 4.79 Å². The minimum atomic E-state index is -0.307. The van der Waals surface area contributed by atoms with Crippen molar-refractivity contribution in [1.82, 2.24) is 15.3 Å². The number of rotatable bonds is 7. The van der Waals surface area contributed by atoms with Crippen molar-refractivity contribution in [2.75, 3.05) is 19.4 Å². The van der Waals surface area contributed by atoms with Gasteiger partial charge in [0.2, 0.25) is 0 Å². The number of para-hydroxylation sites is 2. The zero-order valence-corrected chi connectivity index (χ0v) is 12.5. The normalized spacial score (nSPS) is 12.5. The van der Waals surface area contributed by atoms with Gasteiger partial charge in [0.15, 0.2) is 5.16 Å². The monoisotopic (exact) mass is 293 g/mol. The number of aromatic amines is 1. The van der Waals surface area contributed by atoms with Crippen molar-refractivity contribution in [2.45, 2.75) is 24.5 Å². The number of esters is 1. The third kappa shape index (κ3) is 3.74. The van der Waals surface area contributed by atoms with Gasteiger partial charge in [0.1, 0.15) is 6.04 Å². The highest BCUT2D eigenvalue weighted by atomic mass is 32.2. The molecule has 0 amide bonds. The molecule has 2 aromatic rings. The number of carbonyl (C=O) groups excluding carboxylic acids is 1. The van der Waals surface area contributed by atoms with Crippen LogP contribution in [0.1, 0.15) is 13.3 Å². The molecule has 0 aliphatic heterocycles. The maximum Gasteiger partial charge on any atom is 0.323 e. The number of aromatic nitrogens is 2. The van der Waals surface area contributed by atoms with Gasteiger partial charge in [-0.3, -0.25) is 4.79 Å². The largest absolute Gasteiger partial charge is 0.468 e. The minimum absolute atomic E-state index is 0.234. The van der Waals surface area contributed by atoms with Gasteiger partial charge in [-0.05, 0) is 25.1 Å². The molecule has 108 valence electrons. The van der Waals surface area contributed by atoms with E-state index < -0.39 is 0 Å². The Morgan fingerprint density at radius 3 is 3.00 bits per heavy atom. The van der Waals surface area contributed by atoms with Gasteiger partial charge in [-0.2, -0.15) is 0 Å². The van der Waals surface area contributed by atoms with Crippen LogP contribution in [-0.2, 0) is 9.53 Å². The number of thioether (sulfide) groups is 1. The second kappa shape index (κ2) is 7.31. The highest BCUT2D eigenvalue weighted by molar-refractivity contribution is 7.99. The quantitative estimate of drug-likeness (QED) is 0.605. The first kappa shape index (κ1) is 14.9. The lowest BCUT2D eigenvalue weighted by molar-refractivity contribution is -0.142. The van der Waals surface area contributed by atoms with Gasteiger partial charge >= 0.3 is 5.97 Å². The third-order valence-electron chi connectivity index (χ3n) is 2.88. The number of benzene rings is 1. The van der Waals surface area contributed by atoms with E-state index in [1.165, 1.54) is 18.9 Å². The van der Waals surface area contributed by atoms with Crippen molar-refractivity contribution in [2.24, 2.45) is 0 Å². The van der Waals surface area contributed by atoms with Crippen molar-refractivity contribution in [3.05, 3.63) is 24.3 Å². The van der Waals surface area contributed by atoms with Crippen LogP contribution in [0.3, 0.4) is 0 Å². The minimum Gasteiger partial charge on any atom is -0.468 e. The molecule has 0 bridgehead atoms. The second-order valence-electron chi connectivity index (χ2n) is 4.40. The molecule has 1 unspecified atom stereocenters. The van der Waals surface area contributed by atoms with Crippen molar-refractivity contribution in [3.8, 4) is 0 Å². The molecule has 0 saturated heterocycles. The maximum absolute atomic E-state index is 11.7. The number of carbonyl (C=O) groups is 1. The summed E-state index contributed by atoms with van der Waals surface area (Å²) in [6, 6.07) is 7.56. The molecule has 5 nitrogen and oxygen atoms in total. The molecule has 0 aliphatic rings. The Morgan fingerprint density at radius 2 is 2.30 bits per heavy atom. The lowest BCUT2D eigenvalue weighted by Gasteiger charge is -2.14. The first-order chi connectivity index (χ1) is 9.74. The molecular formula is C14H19N3O2S. The molecule has 1 aromatic heterocycles. The van der Waals surface area contributed by atoms with Crippen LogP contribution in [0.25, 0.3) is 11.0 Å². The Morgan fingerprint density at radius 1 is 1.50 bits per heavy atom. The van der Waals surface area contributed by atoms with Crippen LogP contribution in [0.15, 0.2) is 29.4 Å². The number of hydrogen-bond acceptors (Lipinski definition) is 5. The summed E-state index contributed by atoms with van der Waals surface area (Å²) in [5.41, 5.74) is 1.94. The Labute approximate surface area is 122 Å². The second-order valence-corrected chi connectivity index (χ2v) is 5.41. The smallest absolute Gasteiger partial charge is 0.323 e. The fourth-order valence-electron chi connectivity index (χ4n) is 1.83. The van der Waals surface area contributed by atoms with Crippen LogP contribution in [0.2, 0.25) is 0 Å². The summed E-state index contributed by atoms with van der Waals surface area (Å²) in [6.07, 6.45) is 0.975. The molecule has 2 N–H and O–H groups in total. The predicted octanol–water partition coefficient (Wildman–Crippen LogP) is 2.20. The molecule has 0 aliphatic carbocycles. The van der Waals surface area contributed by atoms with Gasteiger partial charge in [-0.1, -0.05) is 30.8 Å². The summed E-state index contributed by atoms with van der Waals surface area (Å²) < 4.78 is 4.81. The summed E-state index contributed by atoms with van der Waals surface area (Å²) in [6.45, 7) is 2.86. The third-order valence-corrected chi connectivity index (χ3v) is 3.85. The molecule has 0 saturated carbocycles. The van der Waals surface area contributed by atoms with E-state index in [-0.39, 0.29) is 12.0 Å². The Kier molecular flexibility index (Phi) is 5.43. The van der Waals surface area contributed by atoms with E-state index in [4.69, 9.17) is 4.74 Å². The Balaban J connectivity index is 1.98. The number of methoxy groups -OCH3 is 1. The van der Waals surface area contributed by atoms with Gasteiger partial charge in [0.25, 0.3) is 0 Å². The number of hydrogen-bond donors (Lipinski definition) is 2. The van der Waals surface area contributed by atoms with Gasteiger partial charge < -0.3 is 15.0 Å². The molecule has 0 radical (unpaired) electrons.